The number of carbonyl (C=O) groups is 1. The maximum Gasteiger partial charge on any atom is 0.264 e. The fourth-order valence-corrected chi connectivity index (χ4v) is 5.89. The van der Waals surface area contributed by atoms with Crippen LogP contribution in [-0.4, -0.2) is 60.2 Å². The zero-order chi connectivity index (χ0) is 22.9. The predicted octanol–water partition coefficient (Wildman–Crippen LogP) is 2.55. The van der Waals surface area contributed by atoms with Gasteiger partial charge in [0, 0.05) is 29.2 Å². The van der Waals surface area contributed by atoms with Gasteiger partial charge < -0.3 is 9.64 Å². The molecule has 0 saturated carbocycles. The molecule has 1 aromatic heterocycles. The van der Waals surface area contributed by atoms with Crippen LogP contribution in [0.15, 0.2) is 53.4 Å². The fourth-order valence-electron chi connectivity index (χ4n) is 3.26. The van der Waals surface area contributed by atoms with Gasteiger partial charge in [0.05, 0.1) is 29.2 Å². The van der Waals surface area contributed by atoms with Crippen molar-refractivity contribution in [2.75, 3.05) is 42.0 Å². The second-order valence-electron chi connectivity index (χ2n) is 7.27. The number of anilines is 2. The number of hydrogen-bond acceptors (Lipinski definition) is 7. The Morgan fingerprint density at radius 1 is 0.938 bits per heavy atom. The molecule has 3 aromatic rings. The summed E-state index contributed by atoms with van der Waals surface area (Å²) in [6.45, 7) is 2.15. The van der Waals surface area contributed by atoms with Crippen molar-refractivity contribution in [2.45, 2.75) is 4.90 Å². The molecule has 32 heavy (non-hydrogen) atoms. The van der Waals surface area contributed by atoms with E-state index >= 15 is 0 Å². The van der Waals surface area contributed by atoms with E-state index in [1.807, 2.05) is 0 Å². The highest BCUT2D eigenvalue weighted by Gasteiger charge is 2.21. The minimum atomic E-state index is -3.88. The average molecular weight is 496 g/mol. The van der Waals surface area contributed by atoms with Gasteiger partial charge >= 0.3 is 0 Å². The molecule has 0 atom stereocenters. The van der Waals surface area contributed by atoms with Crippen LogP contribution in [0.2, 0.25) is 0 Å². The van der Waals surface area contributed by atoms with Crippen LogP contribution < -0.4 is 9.44 Å². The molecule has 1 fully saturated rings. The van der Waals surface area contributed by atoms with Gasteiger partial charge in [-0.25, -0.2) is 16.8 Å². The number of nitrogens with zero attached hydrogens (tertiary/aromatic N) is 1. The second kappa shape index (κ2) is 8.70. The Balaban J connectivity index is 1.52. The molecule has 9 nitrogen and oxygen atoms in total. The van der Waals surface area contributed by atoms with E-state index in [9.17, 15) is 21.6 Å². The van der Waals surface area contributed by atoms with E-state index in [0.717, 1.165) is 16.3 Å². The number of thiophene rings is 1. The van der Waals surface area contributed by atoms with Gasteiger partial charge in [-0.05, 0) is 53.9 Å². The minimum absolute atomic E-state index is 0.00912. The van der Waals surface area contributed by atoms with E-state index in [0.29, 0.717) is 36.9 Å². The Bertz CT molecular complexity index is 1360. The number of rotatable bonds is 6. The summed E-state index contributed by atoms with van der Waals surface area (Å²) >= 11 is 1.36. The lowest BCUT2D eigenvalue weighted by Crippen LogP contribution is -2.40. The molecule has 2 N–H and O–H groups in total. The van der Waals surface area contributed by atoms with Crippen molar-refractivity contribution in [3.63, 3.8) is 0 Å². The van der Waals surface area contributed by atoms with Gasteiger partial charge in [0.2, 0.25) is 10.0 Å². The van der Waals surface area contributed by atoms with Crippen molar-refractivity contribution in [1.29, 1.82) is 0 Å². The summed E-state index contributed by atoms with van der Waals surface area (Å²) in [7, 11) is -7.34. The minimum Gasteiger partial charge on any atom is -0.378 e. The second-order valence-corrected chi connectivity index (χ2v) is 11.8. The van der Waals surface area contributed by atoms with Crippen LogP contribution in [0.4, 0.5) is 11.4 Å². The molecule has 1 amide bonds. The molecular formula is C20H21N3O6S3. The third-order valence-corrected chi connectivity index (χ3v) is 7.85. The number of sulfonamides is 2. The zero-order valence-electron chi connectivity index (χ0n) is 17.1. The van der Waals surface area contributed by atoms with Gasteiger partial charge in [-0.15, -0.1) is 11.3 Å². The largest absolute Gasteiger partial charge is 0.378 e. The molecule has 1 aliphatic heterocycles. The Hall–Kier alpha value is -2.67. The molecule has 2 aromatic carbocycles. The van der Waals surface area contributed by atoms with E-state index in [-0.39, 0.29) is 16.5 Å². The van der Waals surface area contributed by atoms with Crippen molar-refractivity contribution in [3.8, 4) is 0 Å². The highest BCUT2D eigenvalue weighted by Crippen LogP contribution is 2.30. The Labute approximate surface area is 190 Å². The quantitative estimate of drug-likeness (QED) is 0.542. The topological polar surface area (TPSA) is 122 Å². The van der Waals surface area contributed by atoms with Crippen LogP contribution in [0.25, 0.3) is 10.1 Å². The Kier molecular flexibility index (Phi) is 6.12. The summed E-state index contributed by atoms with van der Waals surface area (Å²) in [5.74, 6) is -0.0561. The highest BCUT2D eigenvalue weighted by molar-refractivity contribution is 7.92. The lowest BCUT2D eigenvalue weighted by Gasteiger charge is -2.26. The van der Waals surface area contributed by atoms with Gasteiger partial charge in [-0.1, -0.05) is 0 Å². The van der Waals surface area contributed by atoms with Gasteiger partial charge in [0.1, 0.15) is 0 Å². The highest BCUT2D eigenvalue weighted by atomic mass is 32.2. The molecule has 0 bridgehead atoms. The maximum absolute atomic E-state index is 12.7. The first kappa shape index (κ1) is 22.5. The molecule has 0 spiro atoms. The third-order valence-electron chi connectivity index (χ3n) is 4.75. The van der Waals surface area contributed by atoms with Crippen LogP contribution in [0, 0.1) is 0 Å². The molecule has 0 aliphatic carbocycles. The van der Waals surface area contributed by atoms with Crippen LogP contribution in [0.1, 0.15) is 9.67 Å². The molecule has 12 heteroatoms. The number of amides is 1. The van der Waals surface area contributed by atoms with E-state index < -0.39 is 20.0 Å². The van der Waals surface area contributed by atoms with Crippen LogP contribution in [0.5, 0.6) is 0 Å². The molecule has 4 rings (SSSR count). The summed E-state index contributed by atoms with van der Waals surface area (Å²) in [6.07, 6.45) is 1.01. The lowest BCUT2D eigenvalue weighted by molar-refractivity contribution is 0.0306. The number of fused-ring (bicyclic) bond motifs is 1. The number of hydrogen-bond donors (Lipinski definition) is 2. The van der Waals surface area contributed by atoms with E-state index in [2.05, 4.69) is 9.44 Å². The van der Waals surface area contributed by atoms with Crippen LogP contribution in [0.3, 0.4) is 0 Å². The standard InChI is InChI=1S/C20H21N3O6S3/c1-31(25,26)21-15-2-5-17(6-3-15)32(27,28)22-16-4-7-18-14(12-16)13-19(30-18)20(24)23-8-10-29-11-9-23/h2-7,12-13,21-22H,8-11H2,1H3. The summed E-state index contributed by atoms with van der Waals surface area (Å²) in [6, 6.07) is 12.2. The van der Waals surface area contributed by atoms with Gasteiger partial charge in [0.25, 0.3) is 15.9 Å². The molecule has 170 valence electrons. The first-order chi connectivity index (χ1) is 15.1. The van der Waals surface area contributed by atoms with E-state index in [4.69, 9.17) is 4.74 Å². The molecule has 2 heterocycles. The monoisotopic (exact) mass is 495 g/mol. The van der Waals surface area contributed by atoms with Crippen LogP contribution >= 0.6 is 11.3 Å². The smallest absolute Gasteiger partial charge is 0.264 e. The maximum atomic E-state index is 12.7. The summed E-state index contributed by atoms with van der Waals surface area (Å²) in [5.41, 5.74) is 0.627. The van der Waals surface area contributed by atoms with E-state index in [1.54, 1.807) is 29.2 Å². The SMILES string of the molecule is CS(=O)(=O)Nc1ccc(S(=O)(=O)Nc2ccc3sc(C(=O)N4CCOCC4)cc3c2)cc1. The Morgan fingerprint density at radius 2 is 1.59 bits per heavy atom. The summed E-state index contributed by atoms with van der Waals surface area (Å²) in [5, 5.41) is 0.763. The molecule has 0 radical (unpaired) electrons. The third kappa shape index (κ3) is 5.21. The van der Waals surface area contributed by atoms with Gasteiger partial charge in [-0.3, -0.25) is 14.2 Å². The first-order valence-electron chi connectivity index (χ1n) is 9.62. The number of benzene rings is 2. The summed E-state index contributed by atoms with van der Waals surface area (Å²) in [4.78, 5) is 15.0. The van der Waals surface area contributed by atoms with Gasteiger partial charge in [0.15, 0.2) is 0 Å². The van der Waals surface area contributed by atoms with Gasteiger partial charge in [-0.2, -0.15) is 0 Å². The first-order valence-corrected chi connectivity index (χ1v) is 13.8. The fraction of sp³-hybridized carbons (Fsp3) is 0.250. The lowest BCUT2D eigenvalue weighted by atomic mass is 10.2. The number of ether oxygens (including phenoxy) is 1. The van der Waals surface area contributed by atoms with Crippen LogP contribution in [-0.2, 0) is 24.8 Å². The van der Waals surface area contributed by atoms with Crippen molar-refractivity contribution in [3.05, 3.63) is 53.4 Å². The van der Waals surface area contributed by atoms with E-state index in [1.165, 1.54) is 35.6 Å². The molecule has 0 unspecified atom stereocenters. The number of nitrogens with one attached hydrogen (secondary N) is 2. The van der Waals surface area contributed by atoms with Crippen molar-refractivity contribution < 1.29 is 26.4 Å². The number of carbonyl (C=O) groups excluding carboxylic acids is 1. The van der Waals surface area contributed by atoms with Crippen molar-refractivity contribution in [2.24, 2.45) is 0 Å². The zero-order valence-corrected chi connectivity index (χ0v) is 19.5. The predicted molar refractivity (Wildman–Crippen MR) is 124 cm³/mol. The molecule has 1 aliphatic rings. The van der Waals surface area contributed by atoms with Crippen molar-refractivity contribution >= 4 is 58.8 Å². The number of morpholine rings is 1. The van der Waals surface area contributed by atoms with Crippen molar-refractivity contribution in [1.82, 2.24) is 4.90 Å². The summed E-state index contributed by atoms with van der Waals surface area (Å²) < 4.78 is 59.0. The Morgan fingerprint density at radius 3 is 2.25 bits per heavy atom. The molecular weight excluding hydrogens is 474 g/mol. The molecule has 1 saturated heterocycles. The average Bonchev–Trinajstić information content (AvgIpc) is 3.16. The normalized spacial score (nSPS) is 15.0.